The molecule has 124 valence electrons. The molecule has 1 aliphatic rings. The first kappa shape index (κ1) is 17.3. The van der Waals surface area contributed by atoms with E-state index >= 15 is 0 Å². The van der Waals surface area contributed by atoms with Gasteiger partial charge in [-0.1, -0.05) is 15.9 Å². The molecule has 1 heterocycles. The lowest BCUT2D eigenvalue weighted by molar-refractivity contribution is -0.136. The molecule has 6 nitrogen and oxygen atoms in total. The first-order valence-corrected chi connectivity index (χ1v) is 7.94. The lowest BCUT2D eigenvalue weighted by Crippen LogP contribution is -2.47. The van der Waals surface area contributed by atoms with Crippen molar-refractivity contribution in [2.24, 2.45) is 0 Å². The number of methoxy groups -OCH3 is 2. The van der Waals surface area contributed by atoms with E-state index in [1.165, 1.54) is 12.0 Å². The minimum atomic E-state index is -0.634. The van der Waals surface area contributed by atoms with Gasteiger partial charge in [-0.15, -0.1) is 0 Å². The number of carbonyl (C=O) groups excluding carboxylic acids is 2. The molecular formula is C16H19BrN2O4. The summed E-state index contributed by atoms with van der Waals surface area (Å²) in [5, 5.41) is 2.86. The molecule has 0 saturated heterocycles. The number of esters is 1. The smallest absolute Gasteiger partial charge is 0.337 e. The van der Waals surface area contributed by atoms with Crippen LogP contribution < -0.4 is 10.1 Å². The van der Waals surface area contributed by atoms with Crippen LogP contribution in [0.15, 0.2) is 33.9 Å². The van der Waals surface area contributed by atoms with Crippen molar-refractivity contribution in [3.63, 3.8) is 0 Å². The number of halogens is 1. The maximum Gasteiger partial charge on any atom is 0.337 e. The second-order valence-electron chi connectivity index (χ2n) is 5.00. The lowest BCUT2D eigenvalue weighted by Gasteiger charge is -2.35. The van der Waals surface area contributed by atoms with Crippen LogP contribution in [-0.2, 0) is 9.53 Å². The number of rotatable bonds is 4. The molecule has 0 saturated carbocycles. The number of nitrogens with zero attached hydrogens (tertiary/aromatic N) is 1. The Hall–Kier alpha value is -2.02. The van der Waals surface area contributed by atoms with E-state index in [1.807, 2.05) is 19.1 Å². The van der Waals surface area contributed by atoms with Crippen LogP contribution >= 0.6 is 15.9 Å². The number of ether oxygens (including phenoxy) is 2. The molecule has 2 rings (SSSR count). The predicted molar refractivity (Wildman–Crippen MR) is 89.1 cm³/mol. The fourth-order valence-electron chi connectivity index (χ4n) is 2.70. The van der Waals surface area contributed by atoms with Gasteiger partial charge in [0.2, 0.25) is 0 Å². The Bertz CT molecular complexity index is 672. The molecule has 1 N–H and O–H groups in total. The monoisotopic (exact) mass is 382 g/mol. The SMILES string of the molecule is CCN1C(=O)N[C@H](c2cc(Br)ccc2OC)C(C(=O)OC)=C1C. The van der Waals surface area contributed by atoms with Crippen molar-refractivity contribution >= 4 is 27.9 Å². The van der Waals surface area contributed by atoms with E-state index in [0.29, 0.717) is 29.1 Å². The molecule has 2 amide bonds. The Morgan fingerprint density at radius 2 is 2.09 bits per heavy atom. The van der Waals surface area contributed by atoms with Gasteiger partial charge in [0.1, 0.15) is 5.75 Å². The Labute approximate surface area is 143 Å². The van der Waals surface area contributed by atoms with Crippen LogP contribution in [0.3, 0.4) is 0 Å². The van der Waals surface area contributed by atoms with Gasteiger partial charge in [-0.3, -0.25) is 4.90 Å². The van der Waals surface area contributed by atoms with Gasteiger partial charge < -0.3 is 14.8 Å². The molecule has 0 bridgehead atoms. The number of hydrogen-bond acceptors (Lipinski definition) is 4. The molecular weight excluding hydrogens is 364 g/mol. The number of nitrogens with one attached hydrogen (secondary N) is 1. The number of urea groups is 1. The van der Waals surface area contributed by atoms with E-state index in [2.05, 4.69) is 21.2 Å². The Morgan fingerprint density at radius 1 is 1.39 bits per heavy atom. The van der Waals surface area contributed by atoms with E-state index in [0.717, 1.165) is 4.47 Å². The number of hydrogen-bond donors (Lipinski definition) is 1. The number of allylic oxidation sites excluding steroid dienone is 1. The van der Waals surface area contributed by atoms with Gasteiger partial charge in [-0.05, 0) is 32.0 Å². The third kappa shape index (κ3) is 3.19. The van der Waals surface area contributed by atoms with Gasteiger partial charge >= 0.3 is 12.0 Å². The summed E-state index contributed by atoms with van der Waals surface area (Å²) < 4.78 is 11.1. The van der Waals surface area contributed by atoms with Crippen molar-refractivity contribution in [1.82, 2.24) is 10.2 Å². The van der Waals surface area contributed by atoms with Crippen LogP contribution in [0.4, 0.5) is 4.79 Å². The zero-order valence-electron chi connectivity index (χ0n) is 13.5. The van der Waals surface area contributed by atoms with Gasteiger partial charge in [0, 0.05) is 22.3 Å². The van der Waals surface area contributed by atoms with E-state index in [4.69, 9.17) is 9.47 Å². The van der Waals surface area contributed by atoms with Crippen LogP contribution in [-0.4, -0.2) is 37.7 Å². The molecule has 7 heteroatoms. The number of carbonyl (C=O) groups is 2. The van der Waals surface area contributed by atoms with Crippen LogP contribution in [0.1, 0.15) is 25.5 Å². The van der Waals surface area contributed by atoms with Crippen molar-refractivity contribution in [3.8, 4) is 5.75 Å². The third-order valence-electron chi connectivity index (χ3n) is 3.82. The normalized spacial score (nSPS) is 17.9. The molecule has 1 aromatic carbocycles. The number of benzene rings is 1. The number of amides is 2. The standard InChI is InChI=1S/C16H19BrN2O4/c1-5-19-9(2)13(15(20)23-4)14(18-16(19)21)11-8-10(17)6-7-12(11)22-3/h6-8,14H,5H2,1-4H3,(H,18,21)/t14-/m1/s1. The Kier molecular flexibility index (Phi) is 5.30. The molecule has 0 spiro atoms. The maximum absolute atomic E-state index is 12.3. The highest BCUT2D eigenvalue weighted by atomic mass is 79.9. The highest BCUT2D eigenvalue weighted by Gasteiger charge is 2.37. The molecule has 1 aliphatic heterocycles. The second kappa shape index (κ2) is 7.04. The van der Waals surface area contributed by atoms with Gasteiger partial charge in [0.05, 0.1) is 25.8 Å². The van der Waals surface area contributed by atoms with Crippen molar-refractivity contribution < 1.29 is 19.1 Å². The summed E-state index contributed by atoms with van der Waals surface area (Å²) >= 11 is 3.41. The largest absolute Gasteiger partial charge is 0.496 e. The quantitative estimate of drug-likeness (QED) is 0.812. The van der Waals surface area contributed by atoms with Crippen molar-refractivity contribution in [2.45, 2.75) is 19.9 Å². The minimum absolute atomic E-state index is 0.260. The van der Waals surface area contributed by atoms with Crippen LogP contribution in [0.2, 0.25) is 0 Å². The average molecular weight is 383 g/mol. The van der Waals surface area contributed by atoms with Crippen molar-refractivity contribution in [3.05, 3.63) is 39.5 Å². The topological polar surface area (TPSA) is 67.9 Å². The van der Waals surface area contributed by atoms with Gasteiger partial charge in [0.15, 0.2) is 0 Å². The van der Waals surface area contributed by atoms with Gasteiger partial charge in [-0.25, -0.2) is 9.59 Å². The van der Waals surface area contributed by atoms with Crippen LogP contribution in [0.5, 0.6) is 5.75 Å². The Balaban J connectivity index is 2.64. The molecule has 1 aromatic rings. The second-order valence-corrected chi connectivity index (χ2v) is 5.92. The predicted octanol–water partition coefficient (Wildman–Crippen LogP) is 2.99. The molecule has 0 fully saturated rings. The Morgan fingerprint density at radius 3 is 2.65 bits per heavy atom. The average Bonchev–Trinajstić information content (AvgIpc) is 2.54. The zero-order chi connectivity index (χ0) is 17.1. The molecule has 23 heavy (non-hydrogen) atoms. The summed E-state index contributed by atoms with van der Waals surface area (Å²) in [4.78, 5) is 26.1. The van der Waals surface area contributed by atoms with E-state index in [-0.39, 0.29) is 6.03 Å². The van der Waals surface area contributed by atoms with E-state index < -0.39 is 12.0 Å². The molecule has 0 aliphatic carbocycles. The maximum atomic E-state index is 12.3. The van der Waals surface area contributed by atoms with Gasteiger partial charge in [0.25, 0.3) is 0 Å². The third-order valence-corrected chi connectivity index (χ3v) is 4.31. The summed E-state index contributed by atoms with van der Waals surface area (Å²) in [6, 6.07) is 4.54. The first-order valence-electron chi connectivity index (χ1n) is 7.15. The minimum Gasteiger partial charge on any atom is -0.496 e. The summed E-state index contributed by atoms with van der Waals surface area (Å²) in [5.41, 5.74) is 1.66. The van der Waals surface area contributed by atoms with E-state index in [9.17, 15) is 9.59 Å². The highest BCUT2D eigenvalue weighted by Crippen LogP contribution is 2.37. The highest BCUT2D eigenvalue weighted by molar-refractivity contribution is 9.10. The fourth-order valence-corrected chi connectivity index (χ4v) is 3.08. The first-order chi connectivity index (χ1) is 10.9. The summed E-state index contributed by atoms with van der Waals surface area (Å²) in [6.45, 7) is 4.05. The zero-order valence-corrected chi connectivity index (χ0v) is 15.1. The summed E-state index contributed by atoms with van der Waals surface area (Å²) in [6.07, 6.45) is 0. The van der Waals surface area contributed by atoms with Crippen molar-refractivity contribution in [2.75, 3.05) is 20.8 Å². The molecule has 0 unspecified atom stereocenters. The molecule has 0 radical (unpaired) electrons. The molecule has 1 atom stereocenters. The van der Waals surface area contributed by atoms with Crippen LogP contribution in [0.25, 0.3) is 0 Å². The van der Waals surface area contributed by atoms with Gasteiger partial charge in [-0.2, -0.15) is 0 Å². The fraction of sp³-hybridized carbons (Fsp3) is 0.375. The van der Waals surface area contributed by atoms with E-state index in [1.54, 1.807) is 20.1 Å². The lowest BCUT2D eigenvalue weighted by atomic mass is 9.94. The van der Waals surface area contributed by atoms with Crippen molar-refractivity contribution in [1.29, 1.82) is 0 Å². The summed E-state index contributed by atoms with van der Waals surface area (Å²) in [7, 11) is 2.87. The van der Waals surface area contributed by atoms with Crippen LogP contribution in [0, 0.1) is 0 Å². The molecule has 0 aromatic heterocycles. The summed E-state index contributed by atoms with van der Waals surface area (Å²) in [5.74, 6) is 0.102.